The van der Waals surface area contributed by atoms with Gasteiger partial charge in [-0.2, -0.15) is 0 Å². The molecule has 0 aromatic carbocycles. The standard InChI is InChI=1S/C18H29N5O2/c1-15(2)13-21-6-3-16(4-7-21)19-18(24)23-10-8-22(9-11-23)14-17-5-12-25-20-17/h5,12,16H,1,3-4,6-11,13-14H2,2H3,(H,19,24). The summed E-state index contributed by atoms with van der Waals surface area (Å²) in [7, 11) is 0. The quantitative estimate of drug-likeness (QED) is 0.819. The Kier molecular flexibility index (Phi) is 6.09. The molecule has 0 radical (unpaired) electrons. The molecule has 2 aliphatic heterocycles. The van der Waals surface area contributed by atoms with Crippen molar-refractivity contribution in [2.24, 2.45) is 0 Å². The van der Waals surface area contributed by atoms with Gasteiger partial charge in [0, 0.05) is 64.5 Å². The average Bonchev–Trinajstić information content (AvgIpc) is 3.10. The van der Waals surface area contributed by atoms with Crippen LogP contribution in [0.2, 0.25) is 0 Å². The Morgan fingerprint density at radius 2 is 1.96 bits per heavy atom. The van der Waals surface area contributed by atoms with Crippen LogP contribution in [0, 0.1) is 0 Å². The van der Waals surface area contributed by atoms with Crippen LogP contribution < -0.4 is 5.32 Å². The largest absolute Gasteiger partial charge is 0.364 e. The molecule has 2 saturated heterocycles. The van der Waals surface area contributed by atoms with Gasteiger partial charge in [0.2, 0.25) is 0 Å². The number of nitrogens with one attached hydrogen (secondary N) is 1. The second-order valence-electron chi connectivity index (χ2n) is 7.21. The van der Waals surface area contributed by atoms with E-state index >= 15 is 0 Å². The van der Waals surface area contributed by atoms with E-state index in [1.807, 2.05) is 11.0 Å². The maximum Gasteiger partial charge on any atom is 0.317 e. The summed E-state index contributed by atoms with van der Waals surface area (Å²) in [6.07, 6.45) is 3.64. The van der Waals surface area contributed by atoms with Crippen LogP contribution in [0.4, 0.5) is 4.79 Å². The number of carbonyl (C=O) groups excluding carboxylic acids is 1. The van der Waals surface area contributed by atoms with Gasteiger partial charge >= 0.3 is 6.03 Å². The van der Waals surface area contributed by atoms with E-state index in [1.54, 1.807) is 6.26 Å². The third kappa shape index (κ3) is 5.31. The third-order valence-corrected chi connectivity index (χ3v) is 4.95. The van der Waals surface area contributed by atoms with Crippen LogP contribution in [0.15, 0.2) is 29.0 Å². The van der Waals surface area contributed by atoms with Crippen molar-refractivity contribution in [3.8, 4) is 0 Å². The Labute approximate surface area is 149 Å². The van der Waals surface area contributed by atoms with Crippen molar-refractivity contribution in [3.63, 3.8) is 0 Å². The molecule has 7 heteroatoms. The minimum absolute atomic E-state index is 0.0828. The number of piperazine rings is 1. The minimum atomic E-state index is 0.0828. The Balaban J connectivity index is 1.36. The highest BCUT2D eigenvalue weighted by Gasteiger charge is 2.25. The van der Waals surface area contributed by atoms with Crippen molar-refractivity contribution in [2.45, 2.75) is 32.4 Å². The summed E-state index contributed by atoms with van der Waals surface area (Å²) in [4.78, 5) is 19.1. The number of amides is 2. The Hall–Kier alpha value is -1.86. The zero-order valence-electron chi connectivity index (χ0n) is 15.1. The van der Waals surface area contributed by atoms with Gasteiger partial charge in [0.25, 0.3) is 0 Å². The van der Waals surface area contributed by atoms with Crippen LogP contribution >= 0.6 is 0 Å². The highest BCUT2D eigenvalue weighted by atomic mass is 16.5. The maximum absolute atomic E-state index is 12.5. The van der Waals surface area contributed by atoms with Crippen LogP contribution in [0.3, 0.4) is 0 Å². The van der Waals surface area contributed by atoms with Crippen molar-refractivity contribution < 1.29 is 9.32 Å². The van der Waals surface area contributed by atoms with Gasteiger partial charge in [-0.1, -0.05) is 17.3 Å². The van der Waals surface area contributed by atoms with Crippen LogP contribution in [0.5, 0.6) is 0 Å². The lowest BCUT2D eigenvalue weighted by molar-refractivity contribution is 0.127. The highest BCUT2D eigenvalue weighted by Crippen LogP contribution is 2.13. The molecule has 0 unspecified atom stereocenters. The normalized spacial score (nSPS) is 20.6. The number of urea groups is 1. The number of hydrogen-bond acceptors (Lipinski definition) is 5. The van der Waals surface area contributed by atoms with Gasteiger partial charge < -0.3 is 14.7 Å². The number of piperidine rings is 1. The first-order valence-electron chi connectivity index (χ1n) is 9.14. The van der Waals surface area contributed by atoms with E-state index in [-0.39, 0.29) is 6.03 Å². The second-order valence-corrected chi connectivity index (χ2v) is 7.21. The number of rotatable bonds is 5. The fourth-order valence-corrected chi connectivity index (χ4v) is 3.54. The molecule has 7 nitrogen and oxygen atoms in total. The van der Waals surface area contributed by atoms with Crippen LogP contribution in [-0.2, 0) is 6.54 Å². The van der Waals surface area contributed by atoms with E-state index in [0.29, 0.717) is 6.04 Å². The Morgan fingerprint density at radius 1 is 1.24 bits per heavy atom. The fourth-order valence-electron chi connectivity index (χ4n) is 3.54. The number of carbonyl (C=O) groups is 1. The topological polar surface area (TPSA) is 64.9 Å². The molecule has 2 amide bonds. The molecule has 0 bridgehead atoms. The second kappa shape index (κ2) is 8.49. The van der Waals surface area contributed by atoms with Gasteiger partial charge in [-0.3, -0.25) is 9.80 Å². The van der Waals surface area contributed by atoms with E-state index in [1.165, 1.54) is 5.57 Å². The molecule has 0 aliphatic carbocycles. The molecule has 25 heavy (non-hydrogen) atoms. The molecule has 0 saturated carbocycles. The van der Waals surface area contributed by atoms with Crippen LogP contribution in [0.25, 0.3) is 0 Å². The maximum atomic E-state index is 12.5. The number of nitrogens with zero attached hydrogens (tertiary/aromatic N) is 4. The molecule has 3 heterocycles. The summed E-state index contributed by atoms with van der Waals surface area (Å²) >= 11 is 0. The Bertz CT molecular complexity index is 558. The van der Waals surface area contributed by atoms with Crippen LogP contribution in [0.1, 0.15) is 25.5 Å². The average molecular weight is 347 g/mol. The fraction of sp³-hybridized carbons (Fsp3) is 0.667. The minimum Gasteiger partial charge on any atom is -0.364 e. The van der Waals surface area contributed by atoms with Crippen LogP contribution in [-0.4, -0.2) is 77.7 Å². The molecular formula is C18H29N5O2. The Morgan fingerprint density at radius 3 is 2.56 bits per heavy atom. The first-order chi connectivity index (χ1) is 12.1. The number of aromatic nitrogens is 1. The van der Waals surface area contributed by atoms with Gasteiger partial charge in [0.05, 0.1) is 5.69 Å². The van der Waals surface area contributed by atoms with Crippen molar-refractivity contribution in [1.82, 2.24) is 25.2 Å². The van der Waals surface area contributed by atoms with Gasteiger partial charge in [-0.05, 0) is 19.8 Å². The zero-order chi connectivity index (χ0) is 17.6. The van der Waals surface area contributed by atoms with E-state index in [0.717, 1.165) is 70.9 Å². The summed E-state index contributed by atoms with van der Waals surface area (Å²) in [5.74, 6) is 0. The summed E-state index contributed by atoms with van der Waals surface area (Å²) in [5, 5.41) is 7.16. The highest BCUT2D eigenvalue weighted by molar-refractivity contribution is 5.74. The zero-order valence-corrected chi connectivity index (χ0v) is 15.1. The third-order valence-electron chi connectivity index (χ3n) is 4.95. The summed E-state index contributed by atoms with van der Waals surface area (Å²) in [5.41, 5.74) is 2.14. The molecule has 138 valence electrons. The number of likely N-dealkylation sites (tertiary alicyclic amines) is 1. The van der Waals surface area contributed by atoms with Gasteiger partial charge in [0.1, 0.15) is 6.26 Å². The molecule has 1 aromatic rings. The van der Waals surface area contributed by atoms with Crippen molar-refractivity contribution in [3.05, 3.63) is 30.2 Å². The van der Waals surface area contributed by atoms with Gasteiger partial charge in [-0.25, -0.2) is 4.79 Å². The number of hydrogen-bond donors (Lipinski definition) is 1. The van der Waals surface area contributed by atoms with Gasteiger partial charge in [0.15, 0.2) is 0 Å². The van der Waals surface area contributed by atoms with Crippen molar-refractivity contribution in [1.29, 1.82) is 0 Å². The van der Waals surface area contributed by atoms with Crippen molar-refractivity contribution >= 4 is 6.03 Å². The molecule has 1 aromatic heterocycles. The van der Waals surface area contributed by atoms with E-state index < -0.39 is 0 Å². The molecule has 0 atom stereocenters. The lowest BCUT2D eigenvalue weighted by Crippen LogP contribution is -2.54. The molecule has 3 rings (SSSR count). The molecule has 2 fully saturated rings. The first kappa shape index (κ1) is 17.9. The smallest absolute Gasteiger partial charge is 0.317 e. The molecule has 0 spiro atoms. The first-order valence-corrected chi connectivity index (χ1v) is 9.14. The van der Waals surface area contributed by atoms with E-state index in [9.17, 15) is 4.79 Å². The summed E-state index contributed by atoms with van der Waals surface area (Å²) < 4.78 is 4.87. The lowest BCUT2D eigenvalue weighted by atomic mass is 10.0. The predicted molar refractivity (Wildman–Crippen MR) is 96.2 cm³/mol. The summed E-state index contributed by atoms with van der Waals surface area (Å²) in [6.45, 7) is 13.1. The monoisotopic (exact) mass is 347 g/mol. The van der Waals surface area contributed by atoms with Gasteiger partial charge in [-0.15, -0.1) is 0 Å². The lowest BCUT2D eigenvalue weighted by Gasteiger charge is -2.37. The van der Waals surface area contributed by atoms with Crippen molar-refractivity contribution in [2.75, 3.05) is 45.8 Å². The van der Waals surface area contributed by atoms with E-state index in [2.05, 4.69) is 33.8 Å². The molecule has 1 N–H and O–H groups in total. The molecular weight excluding hydrogens is 318 g/mol. The SMILES string of the molecule is C=C(C)CN1CCC(NC(=O)N2CCN(Cc3ccon3)CC2)CC1. The molecule has 2 aliphatic rings. The summed E-state index contributed by atoms with van der Waals surface area (Å²) in [6, 6.07) is 2.26. The van der Waals surface area contributed by atoms with E-state index in [4.69, 9.17) is 4.52 Å². The predicted octanol–water partition coefficient (Wildman–Crippen LogP) is 1.54.